The first-order valence-corrected chi connectivity index (χ1v) is 12.0. The minimum Gasteiger partial charge on any atom is -0.381 e. The minimum absolute atomic E-state index is 0.0488. The molecule has 4 aromatic rings. The topological polar surface area (TPSA) is 126 Å². The maximum absolute atomic E-state index is 15.0. The molecule has 11 heteroatoms. The average Bonchev–Trinajstić information content (AvgIpc) is 3.35. The van der Waals surface area contributed by atoms with E-state index in [-0.39, 0.29) is 23.0 Å². The fourth-order valence-corrected chi connectivity index (χ4v) is 4.34. The number of halogens is 1. The molecule has 2 N–H and O–H groups in total. The number of likely N-dealkylation sites (N-methyl/N-ethyl adjacent to an activating group) is 1. The molecule has 4 heterocycles. The summed E-state index contributed by atoms with van der Waals surface area (Å²) in [6.45, 7) is 7.10. The zero-order valence-corrected chi connectivity index (χ0v) is 20.8. The van der Waals surface area contributed by atoms with Crippen molar-refractivity contribution < 1.29 is 4.39 Å². The highest BCUT2D eigenvalue weighted by atomic mass is 19.1. The maximum Gasteiger partial charge on any atom is 0.193 e. The molecule has 1 saturated heterocycles. The molecule has 0 aliphatic carbocycles. The summed E-state index contributed by atoms with van der Waals surface area (Å²) in [4.78, 5) is 18.0. The highest BCUT2D eigenvalue weighted by molar-refractivity contribution is 5.69. The first-order valence-electron chi connectivity index (χ1n) is 12.0. The number of nitrogen functional groups attached to an aromatic ring is 1. The Bertz CT molecular complexity index is 1470. The van der Waals surface area contributed by atoms with Gasteiger partial charge < -0.3 is 10.6 Å². The highest BCUT2D eigenvalue weighted by Gasteiger charge is 2.20. The largest absolute Gasteiger partial charge is 0.381 e. The number of pyridine rings is 1. The van der Waals surface area contributed by atoms with Gasteiger partial charge in [0.05, 0.1) is 35.8 Å². The van der Waals surface area contributed by atoms with E-state index in [0.717, 1.165) is 44.1 Å². The number of aromatic nitrogens is 6. The molecule has 10 nitrogen and oxygen atoms in total. The Morgan fingerprint density at radius 2 is 1.73 bits per heavy atom. The summed E-state index contributed by atoms with van der Waals surface area (Å²) < 4.78 is 16.6. The lowest BCUT2D eigenvalue weighted by molar-refractivity contribution is 0.147. The Kier molecular flexibility index (Phi) is 6.85. The highest BCUT2D eigenvalue weighted by Crippen LogP contribution is 2.28. The van der Waals surface area contributed by atoms with Gasteiger partial charge in [-0.2, -0.15) is 5.26 Å². The van der Waals surface area contributed by atoms with E-state index in [1.165, 1.54) is 0 Å². The molecule has 0 bridgehead atoms. The SMILES string of the molecule is Cc1c(C#N)cccc1-c1nc(N)c(F)c(-c2cn(Cc3cccc(CN4CCN(C)CC4)n3)nn2)n1. The lowest BCUT2D eigenvalue weighted by atomic mass is 10.0. The molecule has 0 saturated carbocycles. The van der Waals surface area contributed by atoms with Crippen LogP contribution in [0.5, 0.6) is 0 Å². The molecule has 0 amide bonds. The van der Waals surface area contributed by atoms with Gasteiger partial charge in [-0.3, -0.25) is 9.88 Å². The van der Waals surface area contributed by atoms with E-state index in [4.69, 9.17) is 10.7 Å². The predicted octanol–water partition coefficient (Wildman–Crippen LogP) is 2.49. The summed E-state index contributed by atoms with van der Waals surface area (Å²) >= 11 is 0. The second kappa shape index (κ2) is 10.4. The number of hydrogen-bond acceptors (Lipinski definition) is 9. The Balaban J connectivity index is 1.37. The summed E-state index contributed by atoms with van der Waals surface area (Å²) in [5.74, 6) is -0.844. The van der Waals surface area contributed by atoms with Crippen molar-refractivity contribution in [1.82, 2.24) is 39.7 Å². The zero-order chi connectivity index (χ0) is 25.9. The van der Waals surface area contributed by atoms with E-state index in [1.807, 2.05) is 18.2 Å². The van der Waals surface area contributed by atoms with Gasteiger partial charge in [0, 0.05) is 38.3 Å². The van der Waals surface area contributed by atoms with E-state index in [9.17, 15) is 9.65 Å². The molecule has 37 heavy (non-hydrogen) atoms. The number of nitrogens with two attached hydrogens (primary N) is 1. The van der Waals surface area contributed by atoms with E-state index >= 15 is 0 Å². The number of piperazine rings is 1. The average molecular weight is 499 g/mol. The molecular weight excluding hydrogens is 471 g/mol. The Morgan fingerprint density at radius 3 is 2.49 bits per heavy atom. The van der Waals surface area contributed by atoms with Gasteiger partial charge in [-0.1, -0.05) is 23.4 Å². The van der Waals surface area contributed by atoms with Crippen LogP contribution in [0.4, 0.5) is 10.2 Å². The summed E-state index contributed by atoms with van der Waals surface area (Å²) in [6.07, 6.45) is 1.61. The Morgan fingerprint density at radius 1 is 1.00 bits per heavy atom. The summed E-state index contributed by atoms with van der Waals surface area (Å²) in [6, 6.07) is 13.3. The van der Waals surface area contributed by atoms with Crippen LogP contribution in [0.15, 0.2) is 42.6 Å². The van der Waals surface area contributed by atoms with Crippen LogP contribution < -0.4 is 5.73 Å². The lowest BCUT2D eigenvalue weighted by Crippen LogP contribution is -2.44. The quantitative estimate of drug-likeness (QED) is 0.427. The van der Waals surface area contributed by atoms with Gasteiger partial charge in [0.15, 0.2) is 17.5 Å². The van der Waals surface area contributed by atoms with Crippen LogP contribution in [-0.4, -0.2) is 73.0 Å². The van der Waals surface area contributed by atoms with E-state index in [1.54, 1.807) is 36.0 Å². The van der Waals surface area contributed by atoms with Crippen molar-refractivity contribution >= 4 is 5.82 Å². The molecule has 0 unspecified atom stereocenters. The molecule has 188 valence electrons. The molecule has 5 rings (SSSR count). The number of hydrogen-bond donors (Lipinski definition) is 1. The van der Waals surface area contributed by atoms with Gasteiger partial charge in [-0.25, -0.2) is 19.0 Å². The third kappa shape index (κ3) is 5.30. The van der Waals surface area contributed by atoms with Gasteiger partial charge in [-0.05, 0) is 37.7 Å². The van der Waals surface area contributed by atoms with Crippen molar-refractivity contribution in [2.75, 3.05) is 39.0 Å². The van der Waals surface area contributed by atoms with Crippen LogP contribution >= 0.6 is 0 Å². The molecule has 1 fully saturated rings. The van der Waals surface area contributed by atoms with Crippen molar-refractivity contribution in [3.05, 3.63) is 70.9 Å². The smallest absolute Gasteiger partial charge is 0.193 e. The fraction of sp³-hybridized carbons (Fsp3) is 0.308. The summed E-state index contributed by atoms with van der Waals surface area (Å²) in [5.41, 5.74) is 9.67. The molecule has 1 aromatic carbocycles. The van der Waals surface area contributed by atoms with Crippen molar-refractivity contribution in [2.24, 2.45) is 0 Å². The standard InChI is InChI=1S/C26H27FN10/c1-17-18(13-28)5-3-8-21(17)26-31-24(23(27)25(29)32-26)22-16-37(34-33-22)15-20-7-4-6-19(30-20)14-36-11-9-35(2)10-12-36/h3-8,16H,9-12,14-15H2,1-2H3,(H2,29,31,32). The van der Waals surface area contributed by atoms with Crippen LogP contribution in [0.25, 0.3) is 22.8 Å². The Labute approximate surface area is 214 Å². The van der Waals surface area contributed by atoms with Gasteiger partial charge in [-0.15, -0.1) is 5.10 Å². The van der Waals surface area contributed by atoms with Crippen molar-refractivity contribution in [2.45, 2.75) is 20.0 Å². The van der Waals surface area contributed by atoms with Gasteiger partial charge in [0.2, 0.25) is 0 Å². The van der Waals surface area contributed by atoms with Crippen LogP contribution in [-0.2, 0) is 13.1 Å². The number of rotatable bonds is 6. The monoisotopic (exact) mass is 498 g/mol. The van der Waals surface area contributed by atoms with Crippen LogP contribution in [0, 0.1) is 24.1 Å². The third-order valence-corrected chi connectivity index (χ3v) is 6.52. The molecule has 1 aliphatic heterocycles. The maximum atomic E-state index is 15.0. The molecule has 3 aromatic heterocycles. The Hall–Kier alpha value is -4.27. The second-order valence-corrected chi connectivity index (χ2v) is 9.19. The van der Waals surface area contributed by atoms with Crippen molar-refractivity contribution in [1.29, 1.82) is 5.26 Å². The first kappa shape index (κ1) is 24.4. The van der Waals surface area contributed by atoms with Crippen LogP contribution in [0.1, 0.15) is 22.5 Å². The van der Waals surface area contributed by atoms with E-state index in [0.29, 0.717) is 23.2 Å². The minimum atomic E-state index is -0.766. The van der Waals surface area contributed by atoms with E-state index in [2.05, 4.69) is 43.2 Å². The van der Waals surface area contributed by atoms with Gasteiger partial charge in [0.1, 0.15) is 11.4 Å². The number of benzene rings is 1. The molecule has 0 radical (unpaired) electrons. The van der Waals surface area contributed by atoms with Crippen LogP contribution in [0.2, 0.25) is 0 Å². The normalized spacial score (nSPS) is 14.5. The molecule has 1 aliphatic rings. The van der Waals surface area contributed by atoms with E-state index < -0.39 is 5.82 Å². The van der Waals surface area contributed by atoms with Gasteiger partial charge in [0.25, 0.3) is 0 Å². The molecule has 0 atom stereocenters. The van der Waals surface area contributed by atoms with Crippen LogP contribution in [0.3, 0.4) is 0 Å². The lowest BCUT2D eigenvalue weighted by Gasteiger charge is -2.32. The first-order chi connectivity index (χ1) is 17.9. The van der Waals surface area contributed by atoms with Crippen molar-refractivity contribution in [3.8, 4) is 28.8 Å². The summed E-state index contributed by atoms with van der Waals surface area (Å²) in [5, 5.41) is 17.6. The summed E-state index contributed by atoms with van der Waals surface area (Å²) in [7, 11) is 2.14. The number of anilines is 1. The molecular formula is C26H27FN10. The molecule has 0 spiro atoms. The number of nitrogens with zero attached hydrogens (tertiary/aromatic N) is 9. The fourth-order valence-electron chi connectivity index (χ4n) is 4.34. The van der Waals surface area contributed by atoms with Gasteiger partial charge >= 0.3 is 0 Å². The predicted molar refractivity (Wildman–Crippen MR) is 136 cm³/mol. The number of nitriles is 1. The van der Waals surface area contributed by atoms with Crippen molar-refractivity contribution in [3.63, 3.8) is 0 Å². The zero-order valence-electron chi connectivity index (χ0n) is 20.8. The second-order valence-electron chi connectivity index (χ2n) is 9.19. The third-order valence-electron chi connectivity index (χ3n) is 6.52.